The van der Waals surface area contributed by atoms with E-state index in [0.29, 0.717) is 13.2 Å². The molecule has 0 amide bonds. The summed E-state index contributed by atoms with van der Waals surface area (Å²) in [7, 11) is 3.39. The summed E-state index contributed by atoms with van der Waals surface area (Å²) >= 11 is 0. The predicted octanol–water partition coefficient (Wildman–Crippen LogP) is 2.43. The molecule has 0 atom stereocenters. The fourth-order valence-electron chi connectivity index (χ4n) is 3.48. The Labute approximate surface area is 211 Å². The van der Waals surface area contributed by atoms with Gasteiger partial charge in [-0.3, -0.25) is 9.89 Å². The van der Waals surface area contributed by atoms with E-state index in [2.05, 4.69) is 44.5 Å². The van der Waals surface area contributed by atoms with E-state index in [4.69, 9.17) is 14.2 Å². The fraction of sp³-hybridized carbons (Fsp3) is 0.696. The molecule has 1 aliphatic rings. The molecule has 0 spiro atoms. The van der Waals surface area contributed by atoms with E-state index in [-0.39, 0.29) is 24.0 Å². The largest absolute Gasteiger partial charge is 0.497 e. The molecule has 1 saturated heterocycles. The number of aliphatic imine (C=N–C) groups is 1. The van der Waals surface area contributed by atoms with Gasteiger partial charge in [-0.15, -0.1) is 24.0 Å². The third kappa shape index (κ3) is 11.5. The van der Waals surface area contributed by atoms with Crippen molar-refractivity contribution in [3.05, 3.63) is 24.3 Å². The molecule has 2 N–H and O–H groups in total. The zero-order valence-corrected chi connectivity index (χ0v) is 22.3. The highest BCUT2D eigenvalue weighted by molar-refractivity contribution is 14.0. The van der Waals surface area contributed by atoms with Crippen LogP contribution in [0.3, 0.4) is 0 Å². The first-order chi connectivity index (χ1) is 15.3. The topological polar surface area (TPSA) is 70.6 Å². The number of anilines is 1. The maximum atomic E-state index is 5.48. The van der Waals surface area contributed by atoms with Crippen LogP contribution < -0.4 is 20.3 Å². The lowest BCUT2D eigenvalue weighted by atomic mass is 10.2. The predicted molar refractivity (Wildman–Crippen MR) is 143 cm³/mol. The number of guanidine groups is 1. The van der Waals surface area contributed by atoms with Crippen molar-refractivity contribution in [2.24, 2.45) is 4.99 Å². The first-order valence-electron chi connectivity index (χ1n) is 11.5. The monoisotopic (exact) mass is 563 g/mol. The second-order valence-corrected chi connectivity index (χ2v) is 7.53. The van der Waals surface area contributed by atoms with Gasteiger partial charge in [-0.2, -0.15) is 0 Å². The van der Waals surface area contributed by atoms with E-state index >= 15 is 0 Å². The SMILES string of the molecule is CCNC(=NCCCOCCOC)NCCCN1CCN(c2ccc(OC)cc2)CC1.I. The average Bonchev–Trinajstić information content (AvgIpc) is 2.81. The van der Waals surface area contributed by atoms with Crippen molar-refractivity contribution in [1.82, 2.24) is 15.5 Å². The van der Waals surface area contributed by atoms with Crippen LogP contribution in [0, 0.1) is 0 Å². The smallest absolute Gasteiger partial charge is 0.191 e. The number of nitrogens with zero attached hydrogens (tertiary/aromatic N) is 3. The summed E-state index contributed by atoms with van der Waals surface area (Å²) in [5.41, 5.74) is 1.28. The molecule has 1 fully saturated rings. The molecule has 1 heterocycles. The van der Waals surface area contributed by atoms with E-state index in [1.165, 1.54) is 5.69 Å². The van der Waals surface area contributed by atoms with E-state index in [1.807, 2.05) is 12.1 Å². The van der Waals surface area contributed by atoms with E-state index in [1.54, 1.807) is 14.2 Å². The van der Waals surface area contributed by atoms with Gasteiger partial charge in [0.15, 0.2) is 5.96 Å². The van der Waals surface area contributed by atoms with Gasteiger partial charge in [0.25, 0.3) is 0 Å². The number of methoxy groups -OCH3 is 2. The first-order valence-corrected chi connectivity index (χ1v) is 11.5. The van der Waals surface area contributed by atoms with Gasteiger partial charge in [0, 0.05) is 65.2 Å². The van der Waals surface area contributed by atoms with Crippen molar-refractivity contribution in [2.75, 3.05) is 91.3 Å². The van der Waals surface area contributed by atoms with Gasteiger partial charge in [-0.25, -0.2) is 0 Å². The molecule has 1 aromatic rings. The molecule has 0 bridgehead atoms. The number of benzene rings is 1. The van der Waals surface area contributed by atoms with Crippen molar-refractivity contribution < 1.29 is 14.2 Å². The molecule has 8 nitrogen and oxygen atoms in total. The number of halogens is 1. The van der Waals surface area contributed by atoms with Crippen LogP contribution in [0.4, 0.5) is 5.69 Å². The Balaban J connectivity index is 0.00000512. The Kier molecular flexibility index (Phi) is 16.3. The van der Waals surface area contributed by atoms with Crippen LogP contribution in [0.25, 0.3) is 0 Å². The van der Waals surface area contributed by atoms with Crippen LogP contribution in [0.15, 0.2) is 29.3 Å². The second-order valence-electron chi connectivity index (χ2n) is 7.53. The van der Waals surface area contributed by atoms with Crippen molar-refractivity contribution >= 4 is 35.6 Å². The molecule has 0 unspecified atom stereocenters. The number of nitrogens with one attached hydrogen (secondary N) is 2. The summed E-state index contributed by atoms with van der Waals surface area (Å²) in [4.78, 5) is 9.62. The molecule has 184 valence electrons. The first kappa shape index (κ1) is 28.7. The highest BCUT2D eigenvalue weighted by Crippen LogP contribution is 2.20. The summed E-state index contributed by atoms with van der Waals surface area (Å²) in [5, 5.41) is 6.76. The van der Waals surface area contributed by atoms with Gasteiger partial charge in [-0.1, -0.05) is 0 Å². The van der Waals surface area contributed by atoms with E-state index in [9.17, 15) is 0 Å². The van der Waals surface area contributed by atoms with Crippen LogP contribution in [-0.4, -0.2) is 97.3 Å². The van der Waals surface area contributed by atoms with Crippen LogP contribution in [0.2, 0.25) is 0 Å². The molecule has 0 aromatic heterocycles. The van der Waals surface area contributed by atoms with E-state index in [0.717, 1.165) is 83.5 Å². The van der Waals surface area contributed by atoms with Gasteiger partial charge in [-0.05, 0) is 50.6 Å². The van der Waals surface area contributed by atoms with Crippen LogP contribution in [0.5, 0.6) is 5.75 Å². The summed E-state index contributed by atoms with van der Waals surface area (Å²) < 4.78 is 15.7. The Hall–Kier alpha value is -1.30. The minimum absolute atomic E-state index is 0. The molecular weight excluding hydrogens is 521 g/mol. The van der Waals surface area contributed by atoms with Gasteiger partial charge in [0.05, 0.1) is 20.3 Å². The summed E-state index contributed by atoms with van der Waals surface area (Å²) in [6.07, 6.45) is 2.02. The number of piperazine rings is 1. The van der Waals surface area contributed by atoms with E-state index < -0.39 is 0 Å². The highest BCUT2D eigenvalue weighted by Gasteiger charge is 2.16. The maximum Gasteiger partial charge on any atom is 0.191 e. The summed E-state index contributed by atoms with van der Waals surface area (Å²) in [6, 6.07) is 8.36. The highest BCUT2D eigenvalue weighted by atomic mass is 127. The van der Waals surface area contributed by atoms with Gasteiger partial charge < -0.3 is 29.7 Å². The number of ether oxygens (including phenoxy) is 3. The summed E-state index contributed by atoms with van der Waals surface area (Å²) in [5.74, 6) is 1.80. The Morgan fingerprint density at radius 2 is 1.72 bits per heavy atom. The lowest BCUT2D eigenvalue weighted by molar-refractivity contribution is 0.0702. The van der Waals surface area contributed by atoms with Crippen molar-refractivity contribution in [3.8, 4) is 5.75 Å². The Bertz CT molecular complexity index is 610. The normalized spacial score (nSPS) is 14.7. The zero-order valence-electron chi connectivity index (χ0n) is 20.0. The molecular formula is C23H42IN5O3. The quantitative estimate of drug-likeness (QED) is 0.156. The van der Waals surface area contributed by atoms with Gasteiger partial charge >= 0.3 is 0 Å². The molecule has 9 heteroatoms. The van der Waals surface area contributed by atoms with Crippen molar-refractivity contribution in [2.45, 2.75) is 19.8 Å². The maximum absolute atomic E-state index is 5.48. The molecule has 2 rings (SSSR count). The number of hydrogen-bond acceptors (Lipinski definition) is 6. The zero-order chi connectivity index (χ0) is 22.2. The van der Waals surface area contributed by atoms with Crippen molar-refractivity contribution in [1.29, 1.82) is 0 Å². The number of rotatable bonds is 14. The van der Waals surface area contributed by atoms with Crippen LogP contribution >= 0.6 is 24.0 Å². The standard InChI is InChI=1S/C23H41N5O3.HI/c1-4-24-23(26-12-6-18-31-20-19-29-2)25-11-5-13-27-14-16-28(17-15-27)21-7-9-22(30-3)10-8-21;/h7-10H,4-6,11-20H2,1-3H3,(H2,24,25,26);1H. The average molecular weight is 564 g/mol. The van der Waals surface area contributed by atoms with Crippen LogP contribution in [0.1, 0.15) is 19.8 Å². The minimum Gasteiger partial charge on any atom is -0.497 e. The van der Waals surface area contributed by atoms with Gasteiger partial charge in [0.1, 0.15) is 5.75 Å². The Morgan fingerprint density at radius 3 is 2.38 bits per heavy atom. The molecule has 0 radical (unpaired) electrons. The molecule has 0 aliphatic carbocycles. The molecule has 1 aromatic carbocycles. The molecule has 0 saturated carbocycles. The lowest BCUT2D eigenvalue weighted by Crippen LogP contribution is -2.47. The van der Waals surface area contributed by atoms with Crippen molar-refractivity contribution in [3.63, 3.8) is 0 Å². The van der Waals surface area contributed by atoms with Crippen LogP contribution in [-0.2, 0) is 9.47 Å². The summed E-state index contributed by atoms with van der Waals surface area (Å²) in [6.45, 7) is 12.1. The van der Waals surface area contributed by atoms with Gasteiger partial charge in [0.2, 0.25) is 0 Å². The lowest BCUT2D eigenvalue weighted by Gasteiger charge is -2.36. The molecule has 1 aliphatic heterocycles. The molecule has 32 heavy (non-hydrogen) atoms. The second kappa shape index (κ2) is 18.2. The third-order valence-corrected chi connectivity index (χ3v) is 5.25. The third-order valence-electron chi connectivity index (χ3n) is 5.25. The fourth-order valence-corrected chi connectivity index (χ4v) is 3.48. The number of hydrogen-bond donors (Lipinski definition) is 2. The Morgan fingerprint density at radius 1 is 0.969 bits per heavy atom. The minimum atomic E-state index is 0.